The van der Waals surface area contributed by atoms with Gasteiger partial charge >= 0.3 is 33.3 Å². The summed E-state index contributed by atoms with van der Waals surface area (Å²) in [6.07, 6.45) is 9.96. The van der Waals surface area contributed by atoms with Gasteiger partial charge < -0.3 is 31.6 Å². The summed E-state index contributed by atoms with van der Waals surface area (Å²) < 4.78 is 0. The van der Waals surface area contributed by atoms with Gasteiger partial charge in [-0.15, -0.1) is 0 Å². The Bertz CT molecular complexity index is 481. The molecule has 163 valence electrons. The van der Waals surface area contributed by atoms with Crippen LogP contribution in [-0.2, 0) is 19.6 Å². The fourth-order valence-corrected chi connectivity index (χ4v) is 3.93. The number of hydrogen-bond acceptors (Lipinski definition) is 6. The van der Waals surface area contributed by atoms with E-state index in [1.807, 2.05) is 6.20 Å². The Hall–Kier alpha value is 0.109. The summed E-state index contributed by atoms with van der Waals surface area (Å²) >= 11 is 0.00694. The fraction of sp³-hybridized carbons (Fsp3) is 0.833. The van der Waals surface area contributed by atoms with Crippen LogP contribution < -0.4 is 26.6 Å². The molecule has 0 radical (unpaired) electrons. The molecular weight excluding hydrogens is 440 g/mol. The number of aromatic amines is 1. The van der Waals surface area contributed by atoms with Crippen LogP contribution in [0.5, 0.6) is 0 Å². The predicted molar refractivity (Wildman–Crippen MR) is 114 cm³/mol. The molecule has 10 heteroatoms. The molecule has 1 aliphatic heterocycles. The Morgan fingerprint density at radius 2 is 1.50 bits per heavy atom. The van der Waals surface area contributed by atoms with Crippen molar-refractivity contribution in [3.8, 4) is 0 Å². The van der Waals surface area contributed by atoms with E-state index in [-0.39, 0.29) is 13.1 Å². The Balaban J connectivity index is 0.000000878. The van der Waals surface area contributed by atoms with Crippen molar-refractivity contribution in [1.82, 2.24) is 36.6 Å². The molecule has 1 aromatic rings. The first-order valence-corrected chi connectivity index (χ1v) is 13.5. The molecule has 0 unspecified atom stereocenters. The number of nitrogens with one attached hydrogen (secondary N) is 6. The molecule has 3 rings (SSSR count). The molecular formula is C18H35Cl2MnN7. The number of hydrogen-bond donors (Lipinski definition) is 6. The Morgan fingerprint density at radius 3 is 2.14 bits per heavy atom. The zero-order chi connectivity index (χ0) is 19.9. The van der Waals surface area contributed by atoms with Crippen LogP contribution in [0.15, 0.2) is 12.5 Å². The minimum atomic E-state index is 0.00694. The van der Waals surface area contributed by atoms with Gasteiger partial charge in [0.05, 0.1) is 6.33 Å². The van der Waals surface area contributed by atoms with Gasteiger partial charge in [0.25, 0.3) is 0 Å². The molecule has 1 saturated carbocycles. The fourth-order valence-electron chi connectivity index (χ4n) is 3.93. The molecule has 1 saturated heterocycles. The second-order valence-corrected chi connectivity index (χ2v) is 9.30. The molecule has 3 atom stereocenters. The van der Waals surface area contributed by atoms with Gasteiger partial charge in [-0.2, -0.15) is 0 Å². The van der Waals surface area contributed by atoms with Crippen molar-refractivity contribution in [2.24, 2.45) is 0 Å². The van der Waals surface area contributed by atoms with Gasteiger partial charge in [0.2, 0.25) is 0 Å². The van der Waals surface area contributed by atoms with E-state index in [1.54, 1.807) is 6.33 Å². The number of rotatable bonds is 2. The SMILES string of the molecule is [Cl][Mn][Cl].c1ncc(C[C@@H]2CN[C@@H]3CCCC[C@H]3NCCNCCNCCN2)[nH]1. The number of aromatic nitrogens is 2. The molecule has 0 aromatic carbocycles. The van der Waals surface area contributed by atoms with E-state index in [9.17, 15) is 0 Å². The van der Waals surface area contributed by atoms with E-state index in [1.165, 1.54) is 31.4 Å². The van der Waals surface area contributed by atoms with Gasteiger partial charge in [-0.05, 0) is 12.8 Å². The van der Waals surface area contributed by atoms with E-state index < -0.39 is 0 Å². The minimum Gasteiger partial charge on any atom is -0.348 e. The summed E-state index contributed by atoms with van der Waals surface area (Å²) in [6, 6.07) is 1.61. The summed E-state index contributed by atoms with van der Waals surface area (Å²) in [4.78, 5) is 7.39. The molecule has 0 bridgehead atoms. The van der Waals surface area contributed by atoms with Crippen molar-refractivity contribution < 1.29 is 13.1 Å². The van der Waals surface area contributed by atoms with Crippen LogP contribution >= 0.6 is 20.2 Å². The Morgan fingerprint density at radius 1 is 0.893 bits per heavy atom. The van der Waals surface area contributed by atoms with E-state index >= 15 is 0 Å². The molecule has 2 aliphatic rings. The van der Waals surface area contributed by atoms with Gasteiger partial charge in [0.15, 0.2) is 0 Å². The van der Waals surface area contributed by atoms with Crippen LogP contribution in [0, 0.1) is 0 Å². The van der Waals surface area contributed by atoms with Crippen molar-refractivity contribution in [3.05, 3.63) is 18.2 Å². The summed E-state index contributed by atoms with van der Waals surface area (Å²) in [5, 5.41) is 18.3. The standard InChI is InChI=1S/C18H35N7.2ClH.Mn/c1-2-4-18-17(3-1)23-10-8-20-6-5-19-7-9-22-16(13-24-18)11-15-12-21-14-25-15;;;/h12,14,16-20,22-24H,1-11,13H2,(H,21,25);2*1H;/q;;;+2/p-2/t16-,17-,18-;;;/m1.../s1. The molecule has 2 heterocycles. The second kappa shape index (κ2) is 15.9. The third kappa shape index (κ3) is 10.2. The molecule has 0 amide bonds. The monoisotopic (exact) mass is 474 g/mol. The number of H-pyrrole nitrogens is 1. The van der Waals surface area contributed by atoms with Crippen LogP contribution in [0.3, 0.4) is 0 Å². The number of imidazole rings is 1. The molecule has 1 aliphatic carbocycles. The number of nitrogens with zero attached hydrogens (tertiary/aromatic N) is 1. The van der Waals surface area contributed by atoms with Crippen LogP contribution in [0.25, 0.3) is 0 Å². The third-order valence-electron chi connectivity index (χ3n) is 5.34. The quantitative estimate of drug-likeness (QED) is 0.358. The van der Waals surface area contributed by atoms with Crippen molar-refractivity contribution in [2.75, 3.05) is 45.8 Å². The maximum Gasteiger partial charge on any atom is 0.0921 e. The zero-order valence-corrected chi connectivity index (χ0v) is 19.1. The van der Waals surface area contributed by atoms with Crippen molar-refractivity contribution in [3.63, 3.8) is 0 Å². The molecule has 2 fully saturated rings. The normalized spacial score (nSPS) is 28.1. The molecule has 7 nitrogen and oxygen atoms in total. The molecule has 6 N–H and O–H groups in total. The summed E-state index contributed by atoms with van der Waals surface area (Å²) in [5.41, 5.74) is 1.20. The first-order valence-electron chi connectivity index (χ1n) is 10.3. The maximum atomic E-state index is 4.80. The summed E-state index contributed by atoms with van der Waals surface area (Å²) in [6.45, 7) is 7.16. The van der Waals surface area contributed by atoms with Gasteiger partial charge in [-0.25, -0.2) is 4.98 Å². The predicted octanol–water partition coefficient (Wildman–Crippen LogP) is 0.970. The zero-order valence-electron chi connectivity index (χ0n) is 16.5. The molecule has 1 aromatic heterocycles. The smallest absolute Gasteiger partial charge is 0.0921 e. The average Bonchev–Trinajstić information content (AvgIpc) is 3.21. The maximum absolute atomic E-state index is 4.80. The van der Waals surface area contributed by atoms with Crippen LogP contribution in [-0.4, -0.2) is 73.9 Å². The largest absolute Gasteiger partial charge is 0.348 e. The minimum absolute atomic E-state index is 0.00694. The van der Waals surface area contributed by atoms with Crippen LogP contribution in [0.2, 0.25) is 0 Å². The third-order valence-corrected chi connectivity index (χ3v) is 5.34. The second-order valence-electron chi connectivity index (χ2n) is 7.35. The van der Waals surface area contributed by atoms with E-state index in [2.05, 4.69) is 36.6 Å². The van der Waals surface area contributed by atoms with Crippen molar-refractivity contribution in [2.45, 2.75) is 50.2 Å². The van der Waals surface area contributed by atoms with Crippen molar-refractivity contribution >= 4 is 20.2 Å². The Kier molecular flexibility index (Phi) is 13.8. The van der Waals surface area contributed by atoms with Crippen LogP contribution in [0.4, 0.5) is 0 Å². The first-order chi connectivity index (χ1) is 13.8. The van der Waals surface area contributed by atoms with Gasteiger partial charge in [-0.1, -0.05) is 12.8 Å². The summed E-state index contributed by atoms with van der Waals surface area (Å²) in [7, 11) is 9.59. The first kappa shape index (κ1) is 24.4. The number of fused-ring (bicyclic) bond motifs is 1. The summed E-state index contributed by atoms with van der Waals surface area (Å²) in [5.74, 6) is 0. The van der Waals surface area contributed by atoms with Gasteiger partial charge in [0.1, 0.15) is 0 Å². The van der Waals surface area contributed by atoms with E-state index in [0.29, 0.717) is 18.1 Å². The molecule has 0 spiro atoms. The van der Waals surface area contributed by atoms with E-state index in [0.717, 1.165) is 52.2 Å². The van der Waals surface area contributed by atoms with Gasteiger partial charge in [0, 0.05) is 82.3 Å². The van der Waals surface area contributed by atoms with Crippen LogP contribution in [0.1, 0.15) is 31.4 Å². The van der Waals surface area contributed by atoms with Crippen molar-refractivity contribution in [1.29, 1.82) is 0 Å². The van der Waals surface area contributed by atoms with E-state index in [4.69, 9.17) is 20.2 Å². The molecule has 28 heavy (non-hydrogen) atoms. The number of halogens is 2. The Labute approximate surface area is 183 Å². The average molecular weight is 475 g/mol. The van der Waals surface area contributed by atoms with Gasteiger partial charge in [-0.3, -0.25) is 0 Å². The topological polar surface area (TPSA) is 88.8 Å².